The number of aliphatic carboxylic acids is 1. The lowest BCUT2D eigenvalue weighted by molar-refractivity contribution is -0.139. The maximum absolute atomic E-state index is 10.9. The van der Waals surface area contributed by atoms with Crippen molar-refractivity contribution in [3.63, 3.8) is 0 Å². The first-order chi connectivity index (χ1) is 10.0. The quantitative estimate of drug-likeness (QED) is 0.848. The second-order valence-corrected chi connectivity index (χ2v) is 4.09. The predicted molar refractivity (Wildman–Crippen MR) is 73.0 cm³/mol. The molecule has 6 nitrogen and oxygen atoms in total. The molecule has 2 N–H and O–H groups in total. The summed E-state index contributed by atoms with van der Waals surface area (Å²) in [5.74, 6) is -0.794. The zero-order valence-corrected chi connectivity index (χ0v) is 10.9. The summed E-state index contributed by atoms with van der Waals surface area (Å²) < 4.78 is 10.5. The van der Waals surface area contributed by atoms with Gasteiger partial charge < -0.3 is 19.7 Å². The minimum Gasteiger partial charge on any atom is -0.482 e. The zero-order chi connectivity index (χ0) is 15.2. The third-order valence-electron chi connectivity index (χ3n) is 2.50. The molecule has 0 fully saturated rings. The summed E-state index contributed by atoms with van der Waals surface area (Å²) in [4.78, 5) is 21.2. The van der Waals surface area contributed by atoms with Crippen molar-refractivity contribution in [2.75, 3.05) is 6.61 Å². The van der Waals surface area contributed by atoms with Gasteiger partial charge in [-0.05, 0) is 42.5 Å². The van der Waals surface area contributed by atoms with Crippen LogP contribution in [-0.2, 0) is 4.79 Å². The van der Waals surface area contributed by atoms with Crippen LogP contribution >= 0.6 is 0 Å². The molecule has 0 saturated carbocycles. The highest BCUT2D eigenvalue weighted by atomic mass is 16.5. The van der Waals surface area contributed by atoms with Crippen molar-refractivity contribution in [1.82, 2.24) is 0 Å². The Bertz CT molecular complexity index is 647. The Balaban J connectivity index is 2.04. The molecule has 21 heavy (non-hydrogen) atoms. The molecule has 0 saturated heterocycles. The Morgan fingerprint density at radius 3 is 2.19 bits per heavy atom. The summed E-state index contributed by atoms with van der Waals surface area (Å²) in [6.07, 6.45) is 0. The molecule has 108 valence electrons. The summed E-state index contributed by atoms with van der Waals surface area (Å²) >= 11 is 0. The molecule has 0 radical (unpaired) electrons. The number of carboxylic acid groups (broad SMARTS) is 2. The Kier molecular flexibility index (Phi) is 4.40. The molecular formula is C15H12O6. The van der Waals surface area contributed by atoms with Crippen LogP contribution in [0.25, 0.3) is 0 Å². The first kappa shape index (κ1) is 14.4. The molecule has 0 unspecified atom stereocenters. The van der Waals surface area contributed by atoms with Crippen molar-refractivity contribution in [1.29, 1.82) is 0 Å². The number of benzene rings is 2. The van der Waals surface area contributed by atoms with Gasteiger partial charge in [0.15, 0.2) is 6.61 Å². The monoisotopic (exact) mass is 288 g/mol. The van der Waals surface area contributed by atoms with Gasteiger partial charge in [-0.15, -0.1) is 0 Å². The summed E-state index contributed by atoms with van der Waals surface area (Å²) in [6.45, 7) is -0.416. The van der Waals surface area contributed by atoms with Crippen LogP contribution in [0.15, 0.2) is 48.5 Å². The number of carbonyl (C=O) groups is 2. The largest absolute Gasteiger partial charge is 0.482 e. The van der Waals surface area contributed by atoms with Crippen LogP contribution in [-0.4, -0.2) is 28.8 Å². The third-order valence-corrected chi connectivity index (χ3v) is 2.50. The van der Waals surface area contributed by atoms with Gasteiger partial charge >= 0.3 is 11.9 Å². The molecule has 0 aliphatic heterocycles. The lowest BCUT2D eigenvalue weighted by Gasteiger charge is -2.08. The minimum atomic E-state index is -1.05. The molecular weight excluding hydrogens is 276 g/mol. The normalized spacial score (nSPS) is 9.90. The van der Waals surface area contributed by atoms with Gasteiger partial charge in [-0.2, -0.15) is 0 Å². The van der Waals surface area contributed by atoms with Gasteiger partial charge in [0, 0.05) is 0 Å². The number of rotatable bonds is 6. The highest BCUT2D eigenvalue weighted by molar-refractivity contribution is 5.88. The molecule has 0 heterocycles. The zero-order valence-electron chi connectivity index (χ0n) is 10.9. The minimum absolute atomic E-state index is 0.133. The van der Waals surface area contributed by atoms with E-state index < -0.39 is 18.5 Å². The van der Waals surface area contributed by atoms with E-state index in [9.17, 15) is 9.59 Å². The summed E-state index contributed by atoms with van der Waals surface area (Å²) in [5, 5.41) is 17.4. The Labute approximate surface area is 120 Å². The van der Waals surface area contributed by atoms with Gasteiger partial charge in [-0.3, -0.25) is 0 Å². The average Bonchev–Trinajstić information content (AvgIpc) is 2.47. The lowest BCUT2D eigenvalue weighted by Crippen LogP contribution is -2.09. The molecule has 2 rings (SSSR count). The van der Waals surface area contributed by atoms with E-state index in [2.05, 4.69) is 0 Å². The summed E-state index contributed by atoms with van der Waals surface area (Å²) in [7, 11) is 0. The van der Waals surface area contributed by atoms with E-state index in [1.165, 1.54) is 12.1 Å². The molecule has 6 heteroatoms. The summed E-state index contributed by atoms with van der Waals surface area (Å²) in [6, 6.07) is 12.5. The highest BCUT2D eigenvalue weighted by Crippen LogP contribution is 2.24. The fraction of sp³-hybridized carbons (Fsp3) is 0.0667. The van der Waals surface area contributed by atoms with Gasteiger partial charge in [0.05, 0.1) is 5.56 Å². The Morgan fingerprint density at radius 2 is 1.57 bits per heavy atom. The van der Waals surface area contributed by atoms with Crippen LogP contribution in [0, 0.1) is 0 Å². The van der Waals surface area contributed by atoms with Gasteiger partial charge in [0.2, 0.25) is 0 Å². The van der Waals surface area contributed by atoms with E-state index in [1.54, 1.807) is 36.4 Å². The van der Waals surface area contributed by atoms with Crippen molar-refractivity contribution in [3.05, 3.63) is 54.1 Å². The van der Waals surface area contributed by atoms with Crippen LogP contribution in [0.4, 0.5) is 0 Å². The van der Waals surface area contributed by atoms with E-state index >= 15 is 0 Å². The van der Waals surface area contributed by atoms with Gasteiger partial charge in [-0.25, -0.2) is 9.59 Å². The fourth-order valence-electron chi connectivity index (χ4n) is 1.58. The van der Waals surface area contributed by atoms with Crippen LogP contribution in [0.1, 0.15) is 10.4 Å². The molecule has 0 bridgehead atoms. The molecule has 0 amide bonds. The molecule has 0 atom stereocenters. The van der Waals surface area contributed by atoms with Crippen molar-refractivity contribution in [2.45, 2.75) is 0 Å². The van der Waals surface area contributed by atoms with Crippen LogP contribution in [0.5, 0.6) is 17.2 Å². The topological polar surface area (TPSA) is 93.1 Å². The average molecular weight is 288 g/mol. The SMILES string of the molecule is O=C(O)COc1ccc(Oc2cccc(C(=O)O)c2)cc1. The molecule has 2 aromatic carbocycles. The van der Waals surface area contributed by atoms with Crippen LogP contribution < -0.4 is 9.47 Å². The van der Waals surface area contributed by atoms with Crippen LogP contribution in [0.3, 0.4) is 0 Å². The van der Waals surface area contributed by atoms with E-state index in [-0.39, 0.29) is 5.56 Å². The number of carboxylic acids is 2. The summed E-state index contributed by atoms with van der Waals surface area (Å²) in [5.41, 5.74) is 0.133. The smallest absolute Gasteiger partial charge is 0.341 e. The van der Waals surface area contributed by atoms with Gasteiger partial charge in [-0.1, -0.05) is 6.07 Å². The van der Waals surface area contributed by atoms with E-state index in [4.69, 9.17) is 19.7 Å². The van der Waals surface area contributed by atoms with Gasteiger partial charge in [0.1, 0.15) is 17.2 Å². The molecule has 0 aliphatic carbocycles. The van der Waals surface area contributed by atoms with Crippen molar-refractivity contribution in [2.24, 2.45) is 0 Å². The van der Waals surface area contributed by atoms with Gasteiger partial charge in [0.25, 0.3) is 0 Å². The maximum Gasteiger partial charge on any atom is 0.341 e. The standard InChI is InChI=1S/C15H12O6/c16-14(17)9-20-11-4-6-12(7-5-11)21-13-3-1-2-10(8-13)15(18)19/h1-8H,9H2,(H,16,17)(H,18,19). The number of hydrogen-bond donors (Lipinski definition) is 2. The highest BCUT2D eigenvalue weighted by Gasteiger charge is 2.05. The van der Waals surface area contributed by atoms with Crippen molar-refractivity contribution in [3.8, 4) is 17.2 Å². The predicted octanol–water partition coefficient (Wildman–Crippen LogP) is 2.64. The third kappa shape index (κ3) is 4.24. The first-order valence-electron chi connectivity index (χ1n) is 6.00. The lowest BCUT2D eigenvalue weighted by atomic mass is 10.2. The Hall–Kier alpha value is -3.02. The fourth-order valence-corrected chi connectivity index (χ4v) is 1.58. The van der Waals surface area contributed by atoms with E-state index in [0.717, 1.165) is 0 Å². The second-order valence-electron chi connectivity index (χ2n) is 4.09. The molecule has 2 aromatic rings. The number of hydrogen-bond acceptors (Lipinski definition) is 4. The van der Waals surface area contributed by atoms with E-state index in [1.807, 2.05) is 0 Å². The number of aromatic carboxylic acids is 1. The van der Waals surface area contributed by atoms with E-state index in [0.29, 0.717) is 17.2 Å². The molecule has 0 spiro atoms. The second kappa shape index (κ2) is 6.42. The van der Waals surface area contributed by atoms with Crippen LogP contribution in [0.2, 0.25) is 0 Å². The Morgan fingerprint density at radius 1 is 0.905 bits per heavy atom. The molecule has 0 aromatic heterocycles. The van der Waals surface area contributed by atoms with Crippen molar-refractivity contribution < 1.29 is 29.3 Å². The molecule has 0 aliphatic rings. The first-order valence-corrected chi connectivity index (χ1v) is 6.00. The van der Waals surface area contributed by atoms with Crippen molar-refractivity contribution >= 4 is 11.9 Å². The maximum atomic E-state index is 10.9. The number of ether oxygens (including phenoxy) is 2.